The second kappa shape index (κ2) is 8.54. The smallest absolute Gasteiger partial charge is 0.315 e. The normalized spacial score (nSPS) is 25.2. The van der Waals surface area contributed by atoms with Crippen molar-refractivity contribution in [2.24, 2.45) is 5.92 Å². The zero-order valence-corrected chi connectivity index (χ0v) is 15.1. The molecule has 1 aromatic rings. The minimum atomic E-state index is -0.725. The average Bonchev–Trinajstić information content (AvgIpc) is 2.68. The predicted octanol–water partition coefficient (Wildman–Crippen LogP) is 2.68. The first-order valence-electron chi connectivity index (χ1n) is 9.49. The van der Waals surface area contributed by atoms with E-state index in [4.69, 9.17) is 9.84 Å². The monoisotopic (exact) mass is 360 g/mol. The number of hydrogen-bond donors (Lipinski definition) is 3. The van der Waals surface area contributed by atoms with Gasteiger partial charge < -0.3 is 20.5 Å². The van der Waals surface area contributed by atoms with Crippen LogP contribution in [0.1, 0.15) is 44.1 Å². The molecule has 142 valence electrons. The van der Waals surface area contributed by atoms with Gasteiger partial charge in [-0.05, 0) is 44.1 Å². The van der Waals surface area contributed by atoms with E-state index >= 15 is 0 Å². The molecule has 2 amide bonds. The molecule has 0 radical (unpaired) electrons. The quantitative estimate of drug-likeness (QED) is 0.753. The third kappa shape index (κ3) is 4.55. The van der Waals surface area contributed by atoms with E-state index in [-0.39, 0.29) is 23.4 Å². The van der Waals surface area contributed by atoms with Crippen molar-refractivity contribution < 1.29 is 19.4 Å². The Balaban J connectivity index is 1.53. The number of carboxylic acid groups (broad SMARTS) is 1. The van der Waals surface area contributed by atoms with E-state index in [1.165, 1.54) is 5.56 Å². The fourth-order valence-electron chi connectivity index (χ4n) is 4.09. The average molecular weight is 360 g/mol. The highest BCUT2D eigenvalue weighted by Gasteiger charge is 2.35. The topological polar surface area (TPSA) is 87.7 Å². The van der Waals surface area contributed by atoms with Crippen LogP contribution in [0.15, 0.2) is 30.3 Å². The third-order valence-corrected chi connectivity index (χ3v) is 5.84. The molecule has 0 atom stereocenters. The lowest BCUT2D eigenvalue weighted by atomic mass is 9.74. The van der Waals surface area contributed by atoms with Crippen molar-refractivity contribution in [1.82, 2.24) is 10.6 Å². The molecule has 1 heterocycles. The van der Waals surface area contributed by atoms with E-state index in [0.717, 1.165) is 25.7 Å². The van der Waals surface area contributed by atoms with Crippen LogP contribution in [0.3, 0.4) is 0 Å². The molecule has 0 aromatic heterocycles. The summed E-state index contributed by atoms with van der Waals surface area (Å²) in [5, 5.41) is 15.1. The van der Waals surface area contributed by atoms with Crippen LogP contribution in [-0.4, -0.2) is 42.9 Å². The van der Waals surface area contributed by atoms with Gasteiger partial charge in [-0.2, -0.15) is 0 Å². The van der Waals surface area contributed by atoms with Gasteiger partial charge in [0, 0.05) is 31.2 Å². The number of benzene rings is 1. The van der Waals surface area contributed by atoms with Gasteiger partial charge in [-0.1, -0.05) is 30.3 Å². The molecule has 6 nitrogen and oxygen atoms in total. The highest BCUT2D eigenvalue weighted by atomic mass is 16.5. The number of amides is 2. The van der Waals surface area contributed by atoms with Gasteiger partial charge in [-0.15, -0.1) is 0 Å². The van der Waals surface area contributed by atoms with Crippen molar-refractivity contribution in [3.63, 3.8) is 0 Å². The molecule has 26 heavy (non-hydrogen) atoms. The molecule has 3 N–H and O–H groups in total. The Labute approximate surface area is 154 Å². The van der Waals surface area contributed by atoms with Crippen LogP contribution in [0.2, 0.25) is 0 Å². The fraction of sp³-hybridized carbons (Fsp3) is 0.600. The van der Waals surface area contributed by atoms with E-state index in [9.17, 15) is 9.59 Å². The molecule has 2 fully saturated rings. The van der Waals surface area contributed by atoms with Crippen molar-refractivity contribution >= 4 is 12.0 Å². The summed E-state index contributed by atoms with van der Waals surface area (Å²) in [6, 6.07) is 10.2. The van der Waals surface area contributed by atoms with Gasteiger partial charge in [-0.3, -0.25) is 4.79 Å². The van der Waals surface area contributed by atoms with Crippen molar-refractivity contribution in [2.45, 2.75) is 50.0 Å². The summed E-state index contributed by atoms with van der Waals surface area (Å²) in [6.07, 6.45) is 4.49. The largest absolute Gasteiger partial charge is 0.481 e. The van der Waals surface area contributed by atoms with Gasteiger partial charge in [0.25, 0.3) is 0 Å². The Bertz CT molecular complexity index is 605. The summed E-state index contributed by atoms with van der Waals surface area (Å²) in [5.41, 5.74) is 1.16. The number of carboxylic acids is 1. The summed E-state index contributed by atoms with van der Waals surface area (Å²) in [6.45, 7) is 1.99. The number of carbonyl (C=O) groups excluding carboxylic acids is 1. The molecule has 1 aliphatic carbocycles. The first-order chi connectivity index (χ1) is 12.6. The van der Waals surface area contributed by atoms with Gasteiger partial charge >= 0.3 is 12.0 Å². The number of aliphatic carboxylic acids is 1. The highest BCUT2D eigenvalue weighted by Crippen LogP contribution is 2.34. The molecule has 2 aliphatic rings. The Morgan fingerprint density at radius 1 is 1.08 bits per heavy atom. The minimum absolute atomic E-state index is 0.0629. The number of hydrogen-bond acceptors (Lipinski definition) is 3. The third-order valence-electron chi connectivity index (χ3n) is 5.84. The van der Waals surface area contributed by atoms with E-state index in [1.807, 2.05) is 18.2 Å². The molecule has 1 aromatic carbocycles. The molecule has 1 saturated carbocycles. The Morgan fingerprint density at radius 2 is 1.73 bits per heavy atom. The Kier molecular flexibility index (Phi) is 6.14. The SMILES string of the molecule is O=C(NCC1(c2ccccc2)CCOCC1)NC1CCC(C(=O)O)CC1. The van der Waals surface area contributed by atoms with Crippen LogP contribution in [-0.2, 0) is 14.9 Å². The summed E-state index contributed by atoms with van der Waals surface area (Å²) in [4.78, 5) is 23.4. The molecular weight excluding hydrogens is 332 g/mol. The van der Waals surface area contributed by atoms with Gasteiger partial charge in [0.2, 0.25) is 0 Å². The lowest BCUT2D eigenvalue weighted by Crippen LogP contribution is -2.50. The summed E-state index contributed by atoms with van der Waals surface area (Å²) < 4.78 is 5.53. The molecule has 1 aliphatic heterocycles. The highest BCUT2D eigenvalue weighted by molar-refractivity contribution is 5.74. The Morgan fingerprint density at radius 3 is 2.35 bits per heavy atom. The maximum atomic E-state index is 12.4. The predicted molar refractivity (Wildman–Crippen MR) is 98.1 cm³/mol. The lowest BCUT2D eigenvalue weighted by molar-refractivity contribution is -0.142. The number of urea groups is 1. The van der Waals surface area contributed by atoms with Gasteiger partial charge in [0.15, 0.2) is 0 Å². The Hall–Kier alpha value is -2.08. The zero-order valence-electron chi connectivity index (χ0n) is 15.1. The lowest BCUT2D eigenvalue weighted by Gasteiger charge is -2.38. The standard InChI is InChI=1S/C20H28N2O4/c23-18(24)15-6-8-17(9-7-15)22-19(25)21-14-20(10-12-26-13-11-20)16-4-2-1-3-5-16/h1-5,15,17H,6-14H2,(H,23,24)(H2,21,22,25). The molecule has 6 heteroatoms. The maximum Gasteiger partial charge on any atom is 0.315 e. The molecule has 0 bridgehead atoms. The van der Waals surface area contributed by atoms with Crippen molar-refractivity contribution in [3.05, 3.63) is 35.9 Å². The van der Waals surface area contributed by atoms with E-state index < -0.39 is 5.97 Å². The number of nitrogens with one attached hydrogen (secondary N) is 2. The summed E-state index contributed by atoms with van der Waals surface area (Å²) >= 11 is 0. The van der Waals surface area contributed by atoms with E-state index in [2.05, 4.69) is 22.8 Å². The zero-order chi connectivity index (χ0) is 18.4. The van der Waals surface area contributed by atoms with Crippen molar-refractivity contribution in [3.8, 4) is 0 Å². The first kappa shape index (κ1) is 18.7. The molecule has 1 saturated heterocycles. The molecular formula is C20H28N2O4. The van der Waals surface area contributed by atoms with Crippen LogP contribution in [0.4, 0.5) is 4.79 Å². The van der Waals surface area contributed by atoms with Crippen LogP contribution >= 0.6 is 0 Å². The van der Waals surface area contributed by atoms with Crippen LogP contribution in [0, 0.1) is 5.92 Å². The van der Waals surface area contributed by atoms with Crippen LogP contribution in [0.25, 0.3) is 0 Å². The maximum absolute atomic E-state index is 12.4. The van der Waals surface area contributed by atoms with Gasteiger partial charge in [0.05, 0.1) is 5.92 Å². The molecule has 0 unspecified atom stereocenters. The van der Waals surface area contributed by atoms with Crippen LogP contribution in [0.5, 0.6) is 0 Å². The van der Waals surface area contributed by atoms with Gasteiger partial charge in [0.1, 0.15) is 0 Å². The van der Waals surface area contributed by atoms with Crippen molar-refractivity contribution in [2.75, 3.05) is 19.8 Å². The molecule has 0 spiro atoms. The van der Waals surface area contributed by atoms with E-state index in [1.54, 1.807) is 0 Å². The summed E-state index contributed by atoms with van der Waals surface area (Å²) in [5.74, 6) is -0.989. The van der Waals surface area contributed by atoms with Gasteiger partial charge in [-0.25, -0.2) is 4.79 Å². The van der Waals surface area contributed by atoms with E-state index in [0.29, 0.717) is 32.6 Å². The summed E-state index contributed by atoms with van der Waals surface area (Å²) in [7, 11) is 0. The van der Waals surface area contributed by atoms with Crippen molar-refractivity contribution in [1.29, 1.82) is 0 Å². The number of rotatable bonds is 5. The second-order valence-electron chi connectivity index (χ2n) is 7.47. The number of carbonyl (C=O) groups is 2. The van der Waals surface area contributed by atoms with Crippen LogP contribution < -0.4 is 10.6 Å². The number of ether oxygens (including phenoxy) is 1. The second-order valence-corrected chi connectivity index (χ2v) is 7.47. The fourth-order valence-corrected chi connectivity index (χ4v) is 4.09. The first-order valence-corrected chi connectivity index (χ1v) is 9.49. The minimum Gasteiger partial charge on any atom is -0.481 e. The molecule has 3 rings (SSSR count).